The molecule has 19 heavy (non-hydrogen) atoms. The first-order valence-corrected chi connectivity index (χ1v) is 6.09. The van der Waals surface area contributed by atoms with E-state index >= 15 is 0 Å². The Morgan fingerprint density at radius 1 is 1.21 bits per heavy atom. The average Bonchev–Trinajstić information content (AvgIpc) is 2.96. The minimum Gasteiger partial charge on any atom is -0.493 e. The van der Waals surface area contributed by atoms with Crippen molar-refractivity contribution < 1.29 is 9.47 Å². The molecule has 0 saturated heterocycles. The van der Waals surface area contributed by atoms with Gasteiger partial charge in [0.15, 0.2) is 11.5 Å². The maximum atomic E-state index is 5.27. The number of aromatic nitrogens is 3. The van der Waals surface area contributed by atoms with Gasteiger partial charge in [0, 0.05) is 19.5 Å². The molecule has 6 heteroatoms. The Kier molecular flexibility index (Phi) is 4.74. The lowest BCUT2D eigenvalue weighted by Crippen LogP contribution is -2.17. The van der Waals surface area contributed by atoms with Crippen LogP contribution in [0.5, 0.6) is 11.5 Å². The van der Waals surface area contributed by atoms with E-state index in [0.29, 0.717) is 0 Å². The first kappa shape index (κ1) is 13.4. The lowest BCUT2D eigenvalue weighted by atomic mass is 10.2. The SMILES string of the molecule is COc1ccc(CNCCc2ncn[nH]2)cc1OC. The number of hydrogen-bond donors (Lipinski definition) is 2. The summed E-state index contributed by atoms with van der Waals surface area (Å²) in [5.74, 6) is 2.38. The fourth-order valence-corrected chi connectivity index (χ4v) is 1.78. The Bertz CT molecular complexity index is 499. The topological polar surface area (TPSA) is 72.1 Å². The number of H-pyrrole nitrogens is 1. The summed E-state index contributed by atoms with van der Waals surface area (Å²) in [6.45, 7) is 1.61. The van der Waals surface area contributed by atoms with E-state index in [1.807, 2.05) is 18.2 Å². The fourth-order valence-electron chi connectivity index (χ4n) is 1.78. The van der Waals surface area contributed by atoms with E-state index in [4.69, 9.17) is 9.47 Å². The molecule has 0 atom stereocenters. The Morgan fingerprint density at radius 3 is 2.74 bits per heavy atom. The molecule has 0 unspecified atom stereocenters. The molecule has 1 heterocycles. The zero-order valence-electron chi connectivity index (χ0n) is 11.1. The number of methoxy groups -OCH3 is 2. The predicted molar refractivity (Wildman–Crippen MR) is 71.3 cm³/mol. The minimum absolute atomic E-state index is 0.743. The van der Waals surface area contributed by atoms with Gasteiger partial charge >= 0.3 is 0 Å². The smallest absolute Gasteiger partial charge is 0.161 e. The third-order valence-corrected chi connectivity index (χ3v) is 2.78. The highest BCUT2D eigenvalue weighted by Crippen LogP contribution is 2.27. The van der Waals surface area contributed by atoms with Crippen LogP contribution >= 0.6 is 0 Å². The van der Waals surface area contributed by atoms with Crippen LogP contribution in [0.15, 0.2) is 24.5 Å². The van der Waals surface area contributed by atoms with Gasteiger partial charge in [0.1, 0.15) is 12.2 Å². The van der Waals surface area contributed by atoms with Crippen LogP contribution in [0.2, 0.25) is 0 Å². The molecule has 2 N–H and O–H groups in total. The second-order valence-corrected chi connectivity index (χ2v) is 4.05. The molecule has 0 spiro atoms. The second kappa shape index (κ2) is 6.75. The summed E-state index contributed by atoms with van der Waals surface area (Å²) in [4.78, 5) is 4.07. The summed E-state index contributed by atoms with van der Waals surface area (Å²) < 4.78 is 10.5. The number of nitrogens with one attached hydrogen (secondary N) is 2. The van der Waals surface area contributed by atoms with Gasteiger partial charge in [-0.15, -0.1) is 0 Å². The van der Waals surface area contributed by atoms with Crippen LogP contribution in [-0.4, -0.2) is 35.9 Å². The molecule has 2 aromatic rings. The molecule has 0 bridgehead atoms. The third kappa shape index (κ3) is 3.69. The number of aromatic amines is 1. The highest BCUT2D eigenvalue weighted by atomic mass is 16.5. The van der Waals surface area contributed by atoms with E-state index in [9.17, 15) is 0 Å². The van der Waals surface area contributed by atoms with Crippen molar-refractivity contribution in [1.29, 1.82) is 0 Å². The molecule has 0 saturated carbocycles. The standard InChI is InChI=1S/C13H18N4O2/c1-18-11-4-3-10(7-12(11)19-2)8-14-6-5-13-15-9-16-17-13/h3-4,7,9,14H,5-6,8H2,1-2H3,(H,15,16,17). The molecule has 6 nitrogen and oxygen atoms in total. The van der Waals surface area contributed by atoms with Crippen LogP contribution in [0.4, 0.5) is 0 Å². The summed E-state index contributed by atoms with van der Waals surface area (Å²) >= 11 is 0. The van der Waals surface area contributed by atoms with Crippen molar-refractivity contribution in [1.82, 2.24) is 20.5 Å². The average molecular weight is 262 g/mol. The molecule has 1 aromatic carbocycles. The van der Waals surface area contributed by atoms with Gasteiger partial charge in [0.25, 0.3) is 0 Å². The molecular formula is C13H18N4O2. The molecule has 0 amide bonds. The van der Waals surface area contributed by atoms with Gasteiger partial charge < -0.3 is 14.8 Å². The summed E-state index contributed by atoms with van der Waals surface area (Å²) in [7, 11) is 3.27. The zero-order chi connectivity index (χ0) is 13.5. The van der Waals surface area contributed by atoms with Crippen molar-refractivity contribution in [3.8, 4) is 11.5 Å². The minimum atomic E-state index is 0.743. The largest absolute Gasteiger partial charge is 0.493 e. The summed E-state index contributed by atoms with van der Waals surface area (Å²) in [5.41, 5.74) is 1.15. The van der Waals surface area contributed by atoms with Gasteiger partial charge in [-0.3, -0.25) is 5.10 Å². The highest BCUT2D eigenvalue weighted by Gasteiger charge is 2.04. The van der Waals surface area contributed by atoms with Gasteiger partial charge in [0.05, 0.1) is 14.2 Å². The highest BCUT2D eigenvalue weighted by molar-refractivity contribution is 5.42. The van der Waals surface area contributed by atoms with Crippen LogP contribution < -0.4 is 14.8 Å². The van der Waals surface area contributed by atoms with Crippen LogP contribution in [-0.2, 0) is 13.0 Å². The molecule has 0 radical (unpaired) electrons. The van der Waals surface area contributed by atoms with Crippen LogP contribution in [0.3, 0.4) is 0 Å². The first-order valence-electron chi connectivity index (χ1n) is 6.09. The normalized spacial score (nSPS) is 10.4. The van der Waals surface area contributed by atoms with Crippen molar-refractivity contribution in [3.63, 3.8) is 0 Å². The van der Waals surface area contributed by atoms with Crippen molar-refractivity contribution in [2.75, 3.05) is 20.8 Å². The monoisotopic (exact) mass is 262 g/mol. The van der Waals surface area contributed by atoms with Crippen molar-refractivity contribution >= 4 is 0 Å². The van der Waals surface area contributed by atoms with Crippen molar-refractivity contribution in [2.45, 2.75) is 13.0 Å². The number of rotatable bonds is 7. The van der Waals surface area contributed by atoms with E-state index in [1.54, 1.807) is 14.2 Å². The van der Waals surface area contributed by atoms with Gasteiger partial charge in [0.2, 0.25) is 0 Å². The Hall–Kier alpha value is -2.08. The molecule has 0 aliphatic rings. The van der Waals surface area contributed by atoms with E-state index in [-0.39, 0.29) is 0 Å². The lowest BCUT2D eigenvalue weighted by molar-refractivity contribution is 0.354. The number of hydrogen-bond acceptors (Lipinski definition) is 5. The molecule has 2 rings (SSSR count). The second-order valence-electron chi connectivity index (χ2n) is 4.05. The Labute approximate surface area is 112 Å². The summed E-state index contributed by atoms with van der Waals surface area (Å²) in [6.07, 6.45) is 2.34. The molecule has 0 aliphatic carbocycles. The van der Waals surface area contributed by atoms with Crippen molar-refractivity contribution in [3.05, 3.63) is 35.9 Å². The molecule has 0 aliphatic heterocycles. The molecular weight excluding hydrogens is 244 g/mol. The maximum Gasteiger partial charge on any atom is 0.161 e. The summed E-state index contributed by atoms with van der Waals surface area (Å²) in [5, 5.41) is 9.98. The van der Waals surface area contributed by atoms with Gasteiger partial charge in [-0.25, -0.2) is 4.98 Å². The molecule has 1 aromatic heterocycles. The van der Waals surface area contributed by atoms with Crippen LogP contribution in [0, 0.1) is 0 Å². The molecule has 0 fully saturated rings. The zero-order valence-corrected chi connectivity index (χ0v) is 11.1. The van der Waals surface area contributed by atoms with E-state index in [1.165, 1.54) is 6.33 Å². The fraction of sp³-hybridized carbons (Fsp3) is 0.385. The van der Waals surface area contributed by atoms with Gasteiger partial charge in [-0.2, -0.15) is 5.10 Å². The predicted octanol–water partition coefficient (Wildman–Crippen LogP) is 1.15. The van der Waals surface area contributed by atoms with E-state index in [2.05, 4.69) is 20.5 Å². The van der Waals surface area contributed by atoms with Crippen molar-refractivity contribution in [2.24, 2.45) is 0 Å². The lowest BCUT2D eigenvalue weighted by Gasteiger charge is -2.10. The van der Waals surface area contributed by atoms with Crippen LogP contribution in [0.25, 0.3) is 0 Å². The molecule has 102 valence electrons. The number of nitrogens with zero attached hydrogens (tertiary/aromatic N) is 2. The third-order valence-electron chi connectivity index (χ3n) is 2.78. The van der Waals surface area contributed by atoms with E-state index < -0.39 is 0 Å². The number of benzene rings is 1. The number of ether oxygens (including phenoxy) is 2. The Balaban J connectivity index is 1.82. The Morgan fingerprint density at radius 2 is 2.05 bits per heavy atom. The van der Waals surface area contributed by atoms with Crippen LogP contribution in [0.1, 0.15) is 11.4 Å². The quantitative estimate of drug-likeness (QED) is 0.732. The maximum absolute atomic E-state index is 5.27. The van der Waals surface area contributed by atoms with Gasteiger partial charge in [-0.1, -0.05) is 6.07 Å². The first-order chi connectivity index (χ1) is 9.33. The van der Waals surface area contributed by atoms with Gasteiger partial charge in [-0.05, 0) is 17.7 Å². The van der Waals surface area contributed by atoms with E-state index in [0.717, 1.165) is 42.4 Å². The summed E-state index contributed by atoms with van der Waals surface area (Å²) in [6, 6.07) is 5.90.